The van der Waals surface area contributed by atoms with Crippen LogP contribution in [0.15, 0.2) is 109 Å². The minimum Gasteiger partial charge on any atom is -0.297 e. The summed E-state index contributed by atoms with van der Waals surface area (Å²) >= 11 is 0. The van der Waals surface area contributed by atoms with Crippen molar-refractivity contribution in [3.8, 4) is 0 Å². The van der Waals surface area contributed by atoms with Crippen molar-refractivity contribution in [1.29, 1.82) is 0 Å². The van der Waals surface area contributed by atoms with Crippen LogP contribution in [0.4, 0.5) is 23.0 Å². The Bertz CT molecular complexity index is 1410. The van der Waals surface area contributed by atoms with Crippen molar-refractivity contribution >= 4 is 23.0 Å². The molecular weight excluding hydrogens is 490 g/mol. The van der Waals surface area contributed by atoms with Crippen LogP contribution in [0.25, 0.3) is 0 Å². The molecule has 1 aliphatic rings. The van der Waals surface area contributed by atoms with Crippen molar-refractivity contribution in [1.82, 2.24) is 15.0 Å². The minimum absolute atomic E-state index is 0.652. The summed E-state index contributed by atoms with van der Waals surface area (Å²) in [6.07, 6.45) is 10.2. The summed E-state index contributed by atoms with van der Waals surface area (Å²) in [5.74, 6) is 1.84. The molecule has 0 bridgehead atoms. The first-order valence-electron chi connectivity index (χ1n) is 14.5. The van der Waals surface area contributed by atoms with E-state index in [4.69, 9.17) is 9.97 Å². The van der Waals surface area contributed by atoms with E-state index in [1.165, 1.54) is 11.1 Å². The van der Waals surface area contributed by atoms with Crippen LogP contribution in [-0.4, -0.2) is 21.5 Å². The molecule has 40 heavy (non-hydrogen) atoms. The van der Waals surface area contributed by atoms with E-state index in [0.717, 1.165) is 65.8 Å². The summed E-state index contributed by atoms with van der Waals surface area (Å²) in [6.45, 7) is 9.34. The first-order chi connectivity index (χ1) is 19.6. The van der Waals surface area contributed by atoms with Gasteiger partial charge >= 0.3 is 0 Å². The van der Waals surface area contributed by atoms with Crippen molar-refractivity contribution in [2.75, 3.05) is 16.5 Å². The summed E-state index contributed by atoms with van der Waals surface area (Å²) in [5.41, 5.74) is 8.10. The van der Waals surface area contributed by atoms with E-state index in [9.17, 15) is 0 Å². The Kier molecular flexibility index (Phi) is 8.60. The SMILES string of the molecule is CCc1cccc(N(C2=CC=CN(N(c3cccc(CC)c3)c3cccc(CC)n3)C2)c2cccc(CC)n2)c1. The van der Waals surface area contributed by atoms with Crippen LogP contribution in [-0.2, 0) is 25.7 Å². The molecule has 4 aromatic rings. The molecule has 5 heteroatoms. The van der Waals surface area contributed by atoms with Gasteiger partial charge in [-0.15, -0.1) is 0 Å². The molecule has 204 valence electrons. The maximum atomic E-state index is 5.05. The number of hydrazine groups is 1. The van der Waals surface area contributed by atoms with E-state index in [0.29, 0.717) is 6.54 Å². The van der Waals surface area contributed by atoms with Crippen LogP contribution in [0.2, 0.25) is 0 Å². The maximum absolute atomic E-state index is 5.05. The molecule has 2 aromatic heterocycles. The third-order valence-corrected chi connectivity index (χ3v) is 7.31. The van der Waals surface area contributed by atoms with Gasteiger partial charge in [-0.3, -0.25) is 9.91 Å². The van der Waals surface area contributed by atoms with E-state index in [1.807, 2.05) is 0 Å². The molecule has 1 aliphatic heterocycles. The molecule has 0 radical (unpaired) electrons. The molecular formula is C35H39N5. The second-order valence-corrected chi connectivity index (χ2v) is 9.97. The molecule has 5 rings (SSSR count). The van der Waals surface area contributed by atoms with Gasteiger partial charge < -0.3 is 0 Å². The quantitative estimate of drug-likeness (QED) is 0.206. The number of hydrogen-bond donors (Lipinski definition) is 0. The Morgan fingerprint density at radius 1 is 0.650 bits per heavy atom. The molecule has 0 spiro atoms. The smallest absolute Gasteiger partial charge is 0.152 e. The van der Waals surface area contributed by atoms with Gasteiger partial charge in [-0.1, -0.05) is 64.1 Å². The van der Waals surface area contributed by atoms with Crippen molar-refractivity contribution in [3.05, 3.63) is 131 Å². The topological polar surface area (TPSA) is 35.5 Å². The summed E-state index contributed by atoms with van der Waals surface area (Å²) in [7, 11) is 0. The zero-order valence-corrected chi connectivity index (χ0v) is 24.1. The van der Waals surface area contributed by atoms with Crippen molar-refractivity contribution in [2.45, 2.75) is 53.4 Å². The Morgan fingerprint density at radius 2 is 1.23 bits per heavy atom. The molecule has 0 saturated carbocycles. The van der Waals surface area contributed by atoms with Gasteiger partial charge in [0.1, 0.15) is 5.82 Å². The van der Waals surface area contributed by atoms with E-state index in [2.05, 4.69) is 146 Å². The van der Waals surface area contributed by atoms with Crippen LogP contribution in [0, 0.1) is 0 Å². The Morgan fingerprint density at radius 3 is 1.88 bits per heavy atom. The highest BCUT2D eigenvalue weighted by atomic mass is 15.6. The molecule has 0 fully saturated rings. The highest BCUT2D eigenvalue weighted by Gasteiger charge is 2.25. The number of aryl methyl sites for hydroxylation is 4. The lowest BCUT2D eigenvalue weighted by Gasteiger charge is -2.39. The predicted octanol–water partition coefficient (Wildman–Crippen LogP) is 8.33. The molecule has 0 amide bonds. The average Bonchev–Trinajstić information content (AvgIpc) is 3.02. The van der Waals surface area contributed by atoms with Crippen LogP contribution < -0.4 is 9.91 Å². The first kappa shape index (κ1) is 27.2. The third-order valence-electron chi connectivity index (χ3n) is 7.31. The van der Waals surface area contributed by atoms with Crippen LogP contribution >= 0.6 is 0 Å². The largest absolute Gasteiger partial charge is 0.297 e. The predicted molar refractivity (Wildman–Crippen MR) is 167 cm³/mol. The molecule has 0 unspecified atom stereocenters. The number of benzene rings is 2. The zero-order valence-electron chi connectivity index (χ0n) is 24.1. The number of rotatable bonds is 10. The van der Waals surface area contributed by atoms with Gasteiger partial charge in [-0.25, -0.2) is 15.0 Å². The molecule has 5 nitrogen and oxygen atoms in total. The molecule has 0 atom stereocenters. The Hall–Kier alpha value is -4.38. The number of hydrogen-bond acceptors (Lipinski definition) is 5. The van der Waals surface area contributed by atoms with Crippen LogP contribution in [0.3, 0.4) is 0 Å². The molecule has 0 N–H and O–H groups in total. The lowest BCUT2D eigenvalue weighted by atomic mass is 10.1. The summed E-state index contributed by atoms with van der Waals surface area (Å²) < 4.78 is 0. The average molecular weight is 530 g/mol. The van der Waals surface area contributed by atoms with E-state index in [-0.39, 0.29) is 0 Å². The van der Waals surface area contributed by atoms with Gasteiger partial charge in [0.05, 0.1) is 12.2 Å². The summed E-state index contributed by atoms with van der Waals surface area (Å²) in [4.78, 5) is 12.4. The fraction of sp³-hybridized carbons (Fsp3) is 0.257. The molecule has 3 heterocycles. The van der Waals surface area contributed by atoms with Gasteiger partial charge in [-0.2, -0.15) is 0 Å². The lowest BCUT2D eigenvalue weighted by molar-refractivity contribution is 0.404. The maximum Gasteiger partial charge on any atom is 0.152 e. The zero-order chi connectivity index (χ0) is 27.9. The van der Waals surface area contributed by atoms with Crippen LogP contribution in [0.1, 0.15) is 50.2 Å². The summed E-state index contributed by atoms with van der Waals surface area (Å²) in [6, 6.07) is 30.1. The number of aromatic nitrogens is 2. The van der Waals surface area contributed by atoms with E-state index >= 15 is 0 Å². The molecule has 0 aliphatic carbocycles. The van der Waals surface area contributed by atoms with Gasteiger partial charge in [0.2, 0.25) is 0 Å². The normalized spacial score (nSPS) is 12.8. The van der Waals surface area contributed by atoms with Crippen molar-refractivity contribution < 1.29 is 0 Å². The summed E-state index contributed by atoms with van der Waals surface area (Å²) in [5, 5.41) is 4.49. The molecule has 0 saturated heterocycles. The standard InChI is InChI=1S/C35H39N5/c1-5-27-14-9-18-31(24-27)39(34-21-11-16-29(7-3)36-34)33-20-13-23-38(26-33)40(32-19-10-15-28(6-2)25-32)35-22-12-17-30(8-4)37-35/h9-25H,5-8,26H2,1-4H3. The highest BCUT2D eigenvalue weighted by molar-refractivity contribution is 5.68. The van der Waals surface area contributed by atoms with Gasteiger partial charge in [-0.05, 0) is 97.5 Å². The minimum atomic E-state index is 0.652. The number of allylic oxidation sites excluding steroid dienone is 2. The molecule has 2 aromatic carbocycles. The highest BCUT2D eigenvalue weighted by Crippen LogP contribution is 2.34. The lowest BCUT2D eigenvalue weighted by Crippen LogP contribution is -2.41. The monoisotopic (exact) mass is 529 g/mol. The van der Waals surface area contributed by atoms with Crippen LogP contribution in [0.5, 0.6) is 0 Å². The number of pyridine rings is 2. The first-order valence-corrected chi connectivity index (χ1v) is 14.5. The third kappa shape index (κ3) is 5.94. The Labute approximate surface area is 239 Å². The van der Waals surface area contributed by atoms with Gasteiger partial charge in [0.25, 0.3) is 0 Å². The van der Waals surface area contributed by atoms with E-state index in [1.54, 1.807) is 0 Å². The Balaban J connectivity index is 1.59. The fourth-order valence-corrected chi connectivity index (χ4v) is 5.06. The van der Waals surface area contributed by atoms with Crippen molar-refractivity contribution in [3.63, 3.8) is 0 Å². The van der Waals surface area contributed by atoms with Gasteiger partial charge in [0.15, 0.2) is 5.82 Å². The van der Waals surface area contributed by atoms with Crippen molar-refractivity contribution in [2.24, 2.45) is 0 Å². The number of anilines is 4. The van der Waals surface area contributed by atoms with E-state index < -0.39 is 0 Å². The number of nitrogens with zero attached hydrogens (tertiary/aromatic N) is 5. The fourth-order valence-electron chi connectivity index (χ4n) is 5.06. The van der Waals surface area contributed by atoms with Gasteiger partial charge in [0, 0.05) is 29.0 Å². The second kappa shape index (κ2) is 12.6. The second-order valence-electron chi connectivity index (χ2n) is 9.97.